The smallest absolute Gasteiger partial charge is 0.258 e. The summed E-state index contributed by atoms with van der Waals surface area (Å²) in [6.07, 6.45) is 0. The van der Waals surface area contributed by atoms with Gasteiger partial charge in [-0.05, 0) is 47.8 Å². The molecule has 0 atom stereocenters. The molecule has 4 aromatic rings. The third kappa shape index (κ3) is 5.04. The Balaban J connectivity index is 1.31. The number of carbonyl (C=O) groups excluding carboxylic acids is 2. The highest BCUT2D eigenvalue weighted by molar-refractivity contribution is 7.99. The number of anilines is 2. The van der Waals surface area contributed by atoms with Crippen LogP contribution in [0.5, 0.6) is 0 Å². The first-order valence-corrected chi connectivity index (χ1v) is 11.4. The lowest BCUT2D eigenvalue weighted by Crippen LogP contribution is -2.15. The predicted octanol–water partition coefficient (Wildman–Crippen LogP) is 4.67. The lowest BCUT2D eigenvalue weighted by Gasteiger charge is -2.08. The largest absolute Gasteiger partial charge is 0.325 e. The summed E-state index contributed by atoms with van der Waals surface area (Å²) in [4.78, 5) is 25.5. The Morgan fingerprint density at radius 3 is 2.41 bits per heavy atom. The van der Waals surface area contributed by atoms with Gasteiger partial charge in [-0.15, -0.1) is 21.5 Å². The second kappa shape index (κ2) is 9.75. The average molecular weight is 468 g/mol. The minimum Gasteiger partial charge on any atom is -0.325 e. The number of rotatable bonds is 7. The molecule has 2 N–H and O–H groups in total. The molecule has 2 amide bonds. The number of thiophene rings is 1. The predicted molar refractivity (Wildman–Crippen MR) is 124 cm³/mol. The summed E-state index contributed by atoms with van der Waals surface area (Å²) in [5, 5.41) is 16.4. The van der Waals surface area contributed by atoms with Crippen LogP contribution in [0.3, 0.4) is 0 Å². The van der Waals surface area contributed by atoms with Gasteiger partial charge in [-0.1, -0.05) is 30.0 Å². The Labute approximate surface area is 191 Å². The van der Waals surface area contributed by atoms with Crippen molar-refractivity contribution in [3.63, 3.8) is 0 Å². The van der Waals surface area contributed by atoms with Crippen LogP contribution in [0, 0.1) is 5.82 Å². The van der Waals surface area contributed by atoms with Gasteiger partial charge in [-0.2, -0.15) is 0 Å². The molecule has 0 aliphatic carbocycles. The van der Waals surface area contributed by atoms with Crippen molar-refractivity contribution in [2.75, 3.05) is 16.4 Å². The van der Waals surface area contributed by atoms with E-state index in [1.54, 1.807) is 41.7 Å². The van der Waals surface area contributed by atoms with E-state index in [9.17, 15) is 14.0 Å². The van der Waals surface area contributed by atoms with E-state index in [1.165, 1.54) is 30.0 Å². The fourth-order valence-corrected chi connectivity index (χ4v) is 4.32. The Bertz CT molecular complexity index is 1240. The third-order valence-corrected chi connectivity index (χ3v) is 6.34. The molecule has 10 heteroatoms. The van der Waals surface area contributed by atoms with Gasteiger partial charge in [-0.3, -0.25) is 9.59 Å². The summed E-state index contributed by atoms with van der Waals surface area (Å²) in [7, 11) is 1.86. The van der Waals surface area contributed by atoms with Crippen LogP contribution in [0.1, 0.15) is 10.4 Å². The van der Waals surface area contributed by atoms with Gasteiger partial charge in [0.05, 0.1) is 16.2 Å². The molecule has 0 aliphatic heterocycles. The molecule has 7 nitrogen and oxygen atoms in total. The number of thioether (sulfide) groups is 1. The zero-order chi connectivity index (χ0) is 22.5. The van der Waals surface area contributed by atoms with Crippen molar-refractivity contribution in [2.24, 2.45) is 7.05 Å². The third-order valence-electron chi connectivity index (χ3n) is 4.45. The molecule has 0 unspecified atom stereocenters. The zero-order valence-corrected chi connectivity index (χ0v) is 18.5. The van der Waals surface area contributed by atoms with Crippen molar-refractivity contribution >= 4 is 46.3 Å². The first kappa shape index (κ1) is 21.7. The SMILES string of the molecule is Cn1c(SCC(=O)Nc2ccc(NC(=O)c3ccccc3F)cc2)nnc1-c1cccs1. The first-order chi connectivity index (χ1) is 15.5. The number of carbonyl (C=O) groups is 2. The van der Waals surface area contributed by atoms with E-state index in [4.69, 9.17) is 0 Å². The van der Waals surface area contributed by atoms with Gasteiger partial charge < -0.3 is 15.2 Å². The highest BCUT2D eigenvalue weighted by Crippen LogP contribution is 2.26. The Morgan fingerprint density at radius 2 is 1.72 bits per heavy atom. The maximum absolute atomic E-state index is 13.7. The van der Waals surface area contributed by atoms with Gasteiger partial charge in [0.1, 0.15) is 5.82 Å². The quantitative estimate of drug-likeness (QED) is 0.386. The minimum absolute atomic E-state index is 0.0343. The molecule has 32 heavy (non-hydrogen) atoms. The summed E-state index contributed by atoms with van der Waals surface area (Å²) in [6.45, 7) is 0. The van der Waals surface area contributed by atoms with Crippen LogP contribution < -0.4 is 10.6 Å². The number of hydrogen-bond acceptors (Lipinski definition) is 6. The second-order valence-corrected chi connectivity index (χ2v) is 8.58. The van der Waals surface area contributed by atoms with Crippen molar-refractivity contribution in [3.8, 4) is 10.7 Å². The molecule has 2 aromatic carbocycles. The summed E-state index contributed by atoms with van der Waals surface area (Å²) >= 11 is 2.87. The standard InChI is InChI=1S/C22H18FN5O2S2/c1-28-20(18-7-4-12-31-18)26-27-22(28)32-13-19(29)24-14-8-10-15(11-9-14)25-21(30)16-5-2-3-6-17(16)23/h2-12H,13H2,1H3,(H,24,29)(H,25,30). The van der Waals surface area contributed by atoms with Gasteiger partial charge in [-0.25, -0.2) is 4.39 Å². The molecule has 0 aliphatic rings. The van der Waals surface area contributed by atoms with Gasteiger partial charge in [0.25, 0.3) is 5.91 Å². The van der Waals surface area contributed by atoms with E-state index >= 15 is 0 Å². The number of nitrogens with one attached hydrogen (secondary N) is 2. The molecular weight excluding hydrogens is 449 g/mol. The van der Waals surface area contributed by atoms with Crippen molar-refractivity contribution in [3.05, 3.63) is 77.4 Å². The van der Waals surface area contributed by atoms with Crippen LogP contribution >= 0.6 is 23.1 Å². The number of amides is 2. The lowest BCUT2D eigenvalue weighted by atomic mass is 10.2. The summed E-state index contributed by atoms with van der Waals surface area (Å²) < 4.78 is 15.6. The van der Waals surface area contributed by atoms with Gasteiger partial charge in [0.2, 0.25) is 5.91 Å². The van der Waals surface area contributed by atoms with Crippen molar-refractivity contribution in [1.82, 2.24) is 14.8 Å². The van der Waals surface area contributed by atoms with Gasteiger partial charge >= 0.3 is 0 Å². The van der Waals surface area contributed by atoms with E-state index in [0.717, 1.165) is 10.7 Å². The maximum atomic E-state index is 13.7. The number of benzene rings is 2. The fraction of sp³-hybridized carbons (Fsp3) is 0.0909. The summed E-state index contributed by atoms with van der Waals surface area (Å²) in [6, 6.07) is 16.3. The molecule has 2 aromatic heterocycles. The Kier molecular flexibility index (Phi) is 6.62. The molecule has 0 saturated carbocycles. The number of aromatic nitrogens is 3. The lowest BCUT2D eigenvalue weighted by molar-refractivity contribution is -0.113. The molecule has 0 fully saturated rings. The highest BCUT2D eigenvalue weighted by Gasteiger charge is 2.14. The van der Waals surface area contributed by atoms with Crippen molar-refractivity contribution < 1.29 is 14.0 Å². The monoisotopic (exact) mass is 467 g/mol. The fourth-order valence-electron chi connectivity index (χ4n) is 2.87. The second-order valence-electron chi connectivity index (χ2n) is 6.69. The van der Waals surface area contributed by atoms with Crippen molar-refractivity contribution in [1.29, 1.82) is 0 Å². The van der Waals surface area contributed by atoms with E-state index in [-0.39, 0.29) is 17.2 Å². The molecule has 4 rings (SSSR count). The molecule has 2 heterocycles. The molecule has 0 saturated heterocycles. The van der Waals surface area contributed by atoms with Crippen LogP contribution in [0.15, 0.2) is 71.2 Å². The first-order valence-electron chi connectivity index (χ1n) is 9.53. The number of nitrogens with zero attached hydrogens (tertiary/aromatic N) is 3. The molecule has 0 bridgehead atoms. The highest BCUT2D eigenvalue weighted by atomic mass is 32.2. The van der Waals surface area contributed by atoms with Crippen LogP contribution in [0.25, 0.3) is 10.7 Å². The minimum atomic E-state index is -0.586. The summed E-state index contributed by atoms with van der Waals surface area (Å²) in [5.41, 5.74) is 1.04. The average Bonchev–Trinajstić information content (AvgIpc) is 3.43. The van der Waals surface area contributed by atoms with Crippen molar-refractivity contribution in [2.45, 2.75) is 5.16 Å². The molecular formula is C22H18FN5O2S2. The topological polar surface area (TPSA) is 88.9 Å². The van der Waals surface area contributed by atoms with E-state index in [0.29, 0.717) is 16.5 Å². The van der Waals surface area contributed by atoms with Gasteiger partial charge in [0, 0.05) is 18.4 Å². The Morgan fingerprint density at radius 1 is 1.00 bits per heavy atom. The van der Waals surface area contributed by atoms with Crippen LogP contribution in [0.2, 0.25) is 0 Å². The molecule has 162 valence electrons. The maximum Gasteiger partial charge on any atom is 0.258 e. The van der Waals surface area contributed by atoms with E-state index in [2.05, 4.69) is 20.8 Å². The van der Waals surface area contributed by atoms with E-state index < -0.39 is 11.7 Å². The number of halogens is 1. The van der Waals surface area contributed by atoms with E-state index in [1.807, 2.05) is 29.1 Å². The zero-order valence-electron chi connectivity index (χ0n) is 16.9. The molecule has 0 radical (unpaired) electrons. The van der Waals surface area contributed by atoms with Crippen LogP contribution in [0.4, 0.5) is 15.8 Å². The van der Waals surface area contributed by atoms with Crippen LogP contribution in [-0.2, 0) is 11.8 Å². The number of hydrogen-bond donors (Lipinski definition) is 2. The Hall–Kier alpha value is -3.50. The van der Waals surface area contributed by atoms with Gasteiger partial charge in [0.15, 0.2) is 11.0 Å². The normalized spacial score (nSPS) is 10.7. The summed E-state index contributed by atoms with van der Waals surface area (Å²) in [5.74, 6) is -0.393. The molecule has 0 spiro atoms. The van der Waals surface area contributed by atoms with Crippen LogP contribution in [-0.4, -0.2) is 32.3 Å².